The number of hydrogen-bond acceptors (Lipinski definition) is 3. The van der Waals surface area contributed by atoms with Gasteiger partial charge in [0.15, 0.2) is 0 Å². The van der Waals surface area contributed by atoms with E-state index in [0.29, 0.717) is 22.1 Å². The van der Waals surface area contributed by atoms with Crippen molar-refractivity contribution in [3.8, 4) is 0 Å². The zero-order valence-corrected chi connectivity index (χ0v) is 11.3. The van der Waals surface area contributed by atoms with Crippen LogP contribution in [-0.2, 0) is 0 Å². The highest BCUT2D eigenvalue weighted by atomic mass is 35.5. The van der Waals surface area contributed by atoms with Crippen LogP contribution in [0.1, 0.15) is 20.8 Å². The Labute approximate surface area is 102 Å². The Bertz CT molecular complexity index is 319. The number of aliphatic hydroxyl groups excluding tert-OH is 1. The van der Waals surface area contributed by atoms with Gasteiger partial charge in [0.1, 0.15) is 5.84 Å². The summed E-state index contributed by atoms with van der Waals surface area (Å²) in [6.07, 6.45) is -0.698. The van der Waals surface area contributed by atoms with Crippen molar-refractivity contribution in [2.75, 3.05) is 14.1 Å². The van der Waals surface area contributed by atoms with Crippen LogP contribution in [0.2, 0.25) is 0 Å². The second kappa shape index (κ2) is 6.68. The number of amidine groups is 1. The summed E-state index contributed by atoms with van der Waals surface area (Å²) in [4.78, 5) is 4.24. The normalized spacial score (nSPS) is 15.9. The van der Waals surface area contributed by atoms with E-state index in [1.165, 1.54) is 0 Å². The molecule has 0 saturated carbocycles. The minimum absolute atomic E-state index is 0.367. The largest absolute Gasteiger partial charge is 0.388 e. The van der Waals surface area contributed by atoms with Crippen LogP contribution in [0.4, 0.5) is 0 Å². The van der Waals surface area contributed by atoms with Crippen LogP contribution >= 0.6 is 11.6 Å². The first-order valence-corrected chi connectivity index (χ1v) is 5.36. The lowest BCUT2D eigenvalue weighted by Gasteiger charge is -2.14. The van der Waals surface area contributed by atoms with Gasteiger partial charge in [0.2, 0.25) is 0 Å². The van der Waals surface area contributed by atoms with Crippen LogP contribution in [0.25, 0.3) is 0 Å². The zero-order chi connectivity index (χ0) is 12.9. The smallest absolute Gasteiger partial charge is 0.113 e. The summed E-state index contributed by atoms with van der Waals surface area (Å²) in [5.41, 5.74) is 4.22. The maximum Gasteiger partial charge on any atom is 0.113 e. The van der Waals surface area contributed by atoms with E-state index >= 15 is 0 Å². The van der Waals surface area contributed by atoms with Gasteiger partial charge in [-0.15, -0.1) is 0 Å². The van der Waals surface area contributed by atoms with Gasteiger partial charge in [0, 0.05) is 14.1 Å². The highest BCUT2D eigenvalue weighted by molar-refractivity contribution is 6.30. The van der Waals surface area contributed by atoms with Gasteiger partial charge in [0.05, 0.1) is 16.8 Å². The SMILES string of the molecule is C=C(N=C(C)NN(C)C)/C(C)=C(/Cl)C(C)O. The van der Waals surface area contributed by atoms with Gasteiger partial charge in [-0.1, -0.05) is 18.2 Å². The van der Waals surface area contributed by atoms with E-state index in [-0.39, 0.29) is 0 Å². The standard InChI is InChI=1S/C11H20ClN3O/c1-7(11(12)9(3)16)8(2)13-10(4)14-15(5)6/h9,16H,2H2,1,3-6H3,(H,13,14)/b11-7+. The summed E-state index contributed by atoms with van der Waals surface area (Å²) in [5.74, 6) is 0.712. The van der Waals surface area contributed by atoms with Crippen LogP contribution < -0.4 is 5.43 Å². The van der Waals surface area contributed by atoms with E-state index in [2.05, 4.69) is 17.0 Å². The lowest BCUT2D eigenvalue weighted by molar-refractivity contribution is 0.238. The van der Waals surface area contributed by atoms with Crippen LogP contribution in [-0.4, -0.2) is 36.2 Å². The second-order valence-corrected chi connectivity index (χ2v) is 4.21. The lowest BCUT2D eigenvalue weighted by atomic mass is 10.2. The molecule has 0 amide bonds. The molecule has 1 unspecified atom stereocenters. The number of halogens is 1. The molecule has 0 aromatic rings. The van der Waals surface area contributed by atoms with Gasteiger partial charge in [-0.3, -0.25) is 0 Å². The number of aliphatic imine (C=N–C) groups is 1. The van der Waals surface area contributed by atoms with Gasteiger partial charge in [-0.25, -0.2) is 10.0 Å². The number of hydrogen-bond donors (Lipinski definition) is 2. The number of nitrogens with one attached hydrogen (secondary N) is 1. The van der Waals surface area contributed by atoms with Crippen LogP contribution in [0.5, 0.6) is 0 Å². The molecule has 0 aliphatic rings. The Hall–Kier alpha value is -0.840. The average molecular weight is 246 g/mol. The summed E-state index contributed by atoms with van der Waals surface area (Å²) in [6.45, 7) is 9.02. The molecule has 0 aromatic carbocycles. The first-order valence-electron chi connectivity index (χ1n) is 4.98. The van der Waals surface area contributed by atoms with Crippen molar-refractivity contribution in [1.82, 2.24) is 10.4 Å². The van der Waals surface area contributed by atoms with Crippen molar-refractivity contribution in [2.45, 2.75) is 26.9 Å². The molecule has 92 valence electrons. The highest BCUT2D eigenvalue weighted by Crippen LogP contribution is 2.20. The van der Waals surface area contributed by atoms with Gasteiger partial charge < -0.3 is 10.5 Å². The molecule has 0 radical (unpaired) electrons. The van der Waals surface area contributed by atoms with Crippen LogP contribution in [0, 0.1) is 0 Å². The Morgan fingerprint density at radius 2 is 1.94 bits per heavy atom. The zero-order valence-electron chi connectivity index (χ0n) is 10.5. The molecule has 2 N–H and O–H groups in total. The molecule has 0 aliphatic heterocycles. The van der Waals surface area contributed by atoms with E-state index in [0.717, 1.165) is 0 Å². The van der Waals surface area contributed by atoms with Crippen molar-refractivity contribution in [2.24, 2.45) is 4.99 Å². The van der Waals surface area contributed by atoms with Gasteiger partial charge >= 0.3 is 0 Å². The molecule has 0 rings (SSSR count). The number of hydrazine groups is 1. The summed E-state index contributed by atoms with van der Waals surface area (Å²) < 4.78 is 0. The van der Waals surface area contributed by atoms with Crippen molar-refractivity contribution < 1.29 is 5.11 Å². The summed E-state index contributed by atoms with van der Waals surface area (Å²) in [7, 11) is 3.74. The van der Waals surface area contributed by atoms with Crippen molar-refractivity contribution in [3.05, 3.63) is 22.9 Å². The average Bonchev–Trinajstić information content (AvgIpc) is 2.13. The van der Waals surface area contributed by atoms with E-state index < -0.39 is 6.10 Å². The predicted molar refractivity (Wildman–Crippen MR) is 69.3 cm³/mol. The second-order valence-electron chi connectivity index (χ2n) is 3.80. The molecule has 0 aliphatic carbocycles. The maximum absolute atomic E-state index is 9.32. The van der Waals surface area contributed by atoms with E-state index in [4.69, 9.17) is 11.6 Å². The fourth-order valence-electron chi connectivity index (χ4n) is 1.09. The third-order valence-electron chi connectivity index (χ3n) is 1.85. The van der Waals surface area contributed by atoms with Crippen LogP contribution in [0.3, 0.4) is 0 Å². The third-order valence-corrected chi connectivity index (χ3v) is 2.45. The van der Waals surface area contributed by atoms with Gasteiger partial charge in [-0.05, 0) is 26.3 Å². The van der Waals surface area contributed by atoms with Crippen molar-refractivity contribution >= 4 is 17.4 Å². The topological polar surface area (TPSA) is 47.9 Å². The quantitative estimate of drug-likeness (QED) is 0.344. The number of nitrogens with zero attached hydrogens (tertiary/aromatic N) is 2. The maximum atomic E-state index is 9.32. The molecule has 4 nitrogen and oxygen atoms in total. The van der Waals surface area contributed by atoms with Gasteiger partial charge in [-0.2, -0.15) is 0 Å². The van der Waals surface area contributed by atoms with Crippen LogP contribution in [0.15, 0.2) is 27.9 Å². The first kappa shape index (κ1) is 15.2. The Morgan fingerprint density at radius 1 is 1.44 bits per heavy atom. The van der Waals surface area contributed by atoms with E-state index in [1.807, 2.05) is 21.0 Å². The molecular weight excluding hydrogens is 226 g/mol. The minimum Gasteiger partial charge on any atom is -0.388 e. The summed E-state index contributed by atoms with van der Waals surface area (Å²) in [5, 5.41) is 11.5. The first-order chi connectivity index (χ1) is 7.25. The third kappa shape index (κ3) is 5.30. The molecule has 5 heteroatoms. The lowest BCUT2D eigenvalue weighted by Crippen LogP contribution is -2.34. The highest BCUT2D eigenvalue weighted by Gasteiger charge is 2.08. The number of allylic oxidation sites excluding steroid dienone is 1. The molecule has 16 heavy (non-hydrogen) atoms. The fraction of sp³-hybridized carbons (Fsp3) is 0.545. The molecule has 0 saturated heterocycles. The Balaban J connectivity index is 4.77. The van der Waals surface area contributed by atoms with Gasteiger partial charge in [0.25, 0.3) is 0 Å². The summed E-state index contributed by atoms with van der Waals surface area (Å²) >= 11 is 5.92. The fourth-order valence-corrected chi connectivity index (χ4v) is 1.20. The molecular formula is C11H20ClN3O. The number of rotatable bonds is 4. The van der Waals surface area contributed by atoms with Crippen molar-refractivity contribution in [3.63, 3.8) is 0 Å². The molecule has 0 fully saturated rings. The molecule has 0 bridgehead atoms. The Morgan fingerprint density at radius 3 is 2.31 bits per heavy atom. The monoisotopic (exact) mass is 245 g/mol. The minimum atomic E-state index is -0.698. The molecule has 0 heterocycles. The Kier molecular flexibility index (Phi) is 6.33. The number of aliphatic hydroxyl groups is 1. The molecule has 1 atom stereocenters. The predicted octanol–water partition coefficient (Wildman–Crippen LogP) is 1.88. The van der Waals surface area contributed by atoms with E-state index in [9.17, 15) is 5.11 Å². The van der Waals surface area contributed by atoms with Crippen molar-refractivity contribution in [1.29, 1.82) is 0 Å². The molecule has 0 spiro atoms. The molecule has 0 aromatic heterocycles. The summed E-state index contributed by atoms with van der Waals surface area (Å²) in [6, 6.07) is 0. The van der Waals surface area contributed by atoms with E-state index in [1.54, 1.807) is 18.9 Å².